The molecule has 0 heterocycles. The summed E-state index contributed by atoms with van der Waals surface area (Å²) in [5, 5.41) is 18.9. The minimum Gasteiger partial charge on any atom is -0.481 e. The lowest BCUT2D eigenvalue weighted by atomic mass is 9.93. The zero-order chi connectivity index (χ0) is 14.6. The molecule has 0 saturated heterocycles. The first-order chi connectivity index (χ1) is 8.90. The van der Waals surface area contributed by atoms with Gasteiger partial charge in [0.05, 0.1) is 12.0 Å². The maximum Gasteiger partial charge on any atom is 0.309 e. The van der Waals surface area contributed by atoms with Crippen LogP contribution in [0.3, 0.4) is 0 Å². The summed E-state index contributed by atoms with van der Waals surface area (Å²) < 4.78 is 0. The van der Waals surface area contributed by atoms with E-state index in [1.165, 1.54) is 0 Å². The number of rotatable bonds is 9. The maximum atomic E-state index is 11.8. The van der Waals surface area contributed by atoms with Crippen LogP contribution >= 0.6 is 0 Å². The summed E-state index contributed by atoms with van der Waals surface area (Å²) in [5.74, 6) is -0.489. The van der Waals surface area contributed by atoms with Gasteiger partial charge in [0.1, 0.15) is 5.78 Å². The molecule has 3 unspecified atom stereocenters. The molecule has 110 valence electrons. The zero-order valence-corrected chi connectivity index (χ0v) is 12.1. The van der Waals surface area contributed by atoms with Crippen LogP contribution in [0.25, 0.3) is 0 Å². The van der Waals surface area contributed by atoms with Crippen LogP contribution in [0, 0.1) is 23.7 Å². The highest BCUT2D eigenvalue weighted by molar-refractivity contribution is 5.81. The Labute approximate surface area is 115 Å². The number of Topliss-reactive ketones (excluding diaryl/α,β-unsaturated/α-hetero) is 1. The average Bonchev–Trinajstić information content (AvgIpc) is 3.06. The van der Waals surface area contributed by atoms with Crippen molar-refractivity contribution in [1.29, 1.82) is 0 Å². The number of carbonyl (C=O) groups excluding carboxylic acids is 1. The molecule has 1 aliphatic carbocycles. The number of aliphatic carboxylic acids is 1. The highest BCUT2D eigenvalue weighted by Crippen LogP contribution is 2.45. The molecular weight excluding hydrogens is 244 g/mol. The fraction of sp³-hybridized carbons (Fsp3) is 0.867. The topological polar surface area (TPSA) is 74.6 Å². The van der Waals surface area contributed by atoms with Crippen LogP contribution in [0.5, 0.6) is 0 Å². The second-order valence-electron chi connectivity index (χ2n) is 5.89. The molecule has 0 aromatic heterocycles. The Bertz CT molecular complexity index is 326. The molecule has 1 rings (SSSR count). The predicted molar refractivity (Wildman–Crippen MR) is 72.7 cm³/mol. The second kappa shape index (κ2) is 7.04. The Kier molecular flexibility index (Phi) is 5.98. The third-order valence-corrected chi connectivity index (χ3v) is 4.46. The van der Waals surface area contributed by atoms with Gasteiger partial charge in [-0.15, -0.1) is 0 Å². The normalized spacial score (nSPS) is 26.5. The molecule has 1 fully saturated rings. The minimum atomic E-state index is -0.928. The van der Waals surface area contributed by atoms with E-state index in [0.29, 0.717) is 36.9 Å². The summed E-state index contributed by atoms with van der Waals surface area (Å²) in [5.41, 5.74) is 0. The number of hydrogen-bond acceptors (Lipinski definition) is 3. The molecular formula is C15H26O4. The monoisotopic (exact) mass is 270 g/mol. The lowest BCUT2D eigenvalue weighted by molar-refractivity contribution is -0.146. The molecule has 1 aliphatic rings. The van der Waals surface area contributed by atoms with Gasteiger partial charge in [0.2, 0.25) is 0 Å². The van der Waals surface area contributed by atoms with E-state index in [0.717, 1.165) is 12.8 Å². The summed E-state index contributed by atoms with van der Waals surface area (Å²) in [6, 6.07) is 0. The molecule has 0 bridgehead atoms. The predicted octanol–water partition coefficient (Wildman–Crippen LogP) is 2.49. The van der Waals surface area contributed by atoms with E-state index in [9.17, 15) is 14.7 Å². The Hall–Kier alpha value is -0.900. The first-order valence-corrected chi connectivity index (χ1v) is 7.34. The number of carboxylic acid groups (broad SMARTS) is 1. The third kappa shape index (κ3) is 4.60. The van der Waals surface area contributed by atoms with Crippen LogP contribution in [0.1, 0.15) is 52.9 Å². The summed E-state index contributed by atoms with van der Waals surface area (Å²) in [4.78, 5) is 22.7. The van der Waals surface area contributed by atoms with Gasteiger partial charge in [-0.25, -0.2) is 0 Å². The number of ketones is 1. The quantitative estimate of drug-likeness (QED) is 0.675. The van der Waals surface area contributed by atoms with E-state index in [2.05, 4.69) is 0 Å². The van der Waals surface area contributed by atoms with E-state index in [1.54, 1.807) is 6.92 Å². The zero-order valence-electron chi connectivity index (χ0n) is 12.1. The molecule has 4 heteroatoms. The number of carbonyl (C=O) groups is 2. The fourth-order valence-electron chi connectivity index (χ4n) is 2.62. The maximum absolute atomic E-state index is 11.8. The van der Waals surface area contributed by atoms with Crippen molar-refractivity contribution in [3.8, 4) is 0 Å². The smallest absolute Gasteiger partial charge is 0.309 e. The van der Waals surface area contributed by atoms with Crippen LogP contribution in [0.4, 0.5) is 0 Å². The molecule has 1 saturated carbocycles. The standard InChI is InChI=1S/C15H26O4/c1-4-9(3)13(16)7-10-6-11(10)8-14(17)12(5-2)15(18)19/h9-12,14,17H,4-8H2,1-3H3,(H,18,19)/t9?,10?,11?,12-,14-/m1/s1. The summed E-state index contributed by atoms with van der Waals surface area (Å²) in [6.45, 7) is 5.74. The highest BCUT2D eigenvalue weighted by Gasteiger charge is 2.41. The Morgan fingerprint density at radius 3 is 2.32 bits per heavy atom. The third-order valence-electron chi connectivity index (χ3n) is 4.46. The second-order valence-corrected chi connectivity index (χ2v) is 5.89. The molecule has 0 spiro atoms. The molecule has 4 nitrogen and oxygen atoms in total. The molecule has 0 radical (unpaired) electrons. The molecule has 0 aliphatic heterocycles. The van der Waals surface area contributed by atoms with Crippen molar-refractivity contribution in [1.82, 2.24) is 0 Å². The van der Waals surface area contributed by atoms with Crippen molar-refractivity contribution in [3.63, 3.8) is 0 Å². The SMILES string of the molecule is CCC(C)C(=O)CC1CC1C[C@@H](O)[C@@H](CC)C(=O)O. The number of aliphatic hydroxyl groups excluding tert-OH is 1. The number of hydrogen-bond donors (Lipinski definition) is 2. The summed E-state index contributed by atoms with van der Waals surface area (Å²) in [6.07, 6.45) is 2.60. The van der Waals surface area contributed by atoms with E-state index in [4.69, 9.17) is 5.11 Å². The number of carboxylic acids is 1. The lowest BCUT2D eigenvalue weighted by Gasteiger charge is -2.17. The van der Waals surface area contributed by atoms with Crippen LogP contribution < -0.4 is 0 Å². The number of aliphatic hydroxyl groups is 1. The van der Waals surface area contributed by atoms with Gasteiger partial charge in [0.15, 0.2) is 0 Å². The average molecular weight is 270 g/mol. The van der Waals surface area contributed by atoms with Gasteiger partial charge in [-0.1, -0.05) is 20.8 Å². The first-order valence-electron chi connectivity index (χ1n) is 7.34. The van der Waals surface area contributed by atoms with Crippen molar-refractivity contribution in [3.05, 3.63) is 0 Å². The molecule has 19 heavy (non-hydrogen) atoms. The Balaban J connectivity index is 2.34. The van der Waals surface area contributed by atoms with E-state index >= 15 is 0 Å². The Morgan fingerprint density at radius 1 is 1.21 bits per heavy atom. The van der Waals surface area contributed by atoms with Crippen molar-refractivity contribution >= 4 is 11.8 Å². The minimum absolute atomic E-state index is 0.119. The van der Waals surface area contributed by atoms with Crippen molar-refractivity contribution in [2.45, 2.75) is 59.0 Å². The molecule has 0 aromatic carbocycles. The van der Waals surface area contributed by atoms with E-state index in [-0.39, 0.29) is 5.92 Å². The van der Waals surface area contributed by atoms with Crippen molar-refractivity contribution in [2.24, 2.45) is 23.7 Å². The summed E-state index contributed by atoms with van der Waals surface area (Å²) >= 11 is 0. The Morgan fingerprint density at radius 2 is 1.84 bits per heavy atom. The van der Waals surface area contributed by atoms with Gasteiger partial charge in [-0.05, 0) is 37.5 Å². The van der Waals surface area contributed by atoms with Gasteiger partial charge in [-0.3, -0.25) is 9.59 Å². The lowest BCUT2D eigenvalue weighted by Crippen LogP contribution is -2.28. The molecule has 5 atom stereocenters. The molecule has 0 amide bonds. The van der Waals surface area contributed by atoms with E-state index < -0.39 is 18.0 Å². The van der Waals surface area contributed by atoms with Crippen LogP contribution in [-0.4, -0.2) is 28.1 Å². The van der Waals surface area contributed by atoms with Gasteiger partial charge < -0.3 is 10.2 Å². The first kappa shape index (κ1) is 16.2. The largest absolute Gasteiger partial charge is 0.481 e. The molecule has 0 aromatic rings. The van der Waals surface area contributed by atoms with Gasteiger partial charge in [0.25, 0.3) is 0 Å². The van der Waals surface area contributed by atoms with Crippen molar-refractivity contribution in [2.75, 3.05) is 0 Å². The van der Waals surface area contributed by atoms with Gasteiger partial charge >= 0.3 is 5.97 Å². The summed E-state index contributed by atoms with van der Waals surface area (Å²) in [7, 11) is 0. The van der Waals surface area contributed by atoms with Gasteiger partial charge in [0, 0.05) is 12.3 Å². The van der Waals surface area contributed by atoms with Gasteiger partial charge in [-0.2, -0.15) is 0 Å². The van der Waals surface area contributed by atoms with Crippen LogP contribution in [-0.2, 0) is 9.59 Å². The fourth-order valence-corrected chi connectivity index (χ4v) is 2.62. The molecule has 2 N–H and O–H groups in total. The van der Waals surface area contributed by atoms with Crippen molar-refractivity contribution < 1.29 is 19.8 Å². The van der Waals surface area contributed by atoms with Crippen LogP contribution in [0.15, 0.2) is 0 Å². The van der Waals surface area contributed by atoms with E-state index in [1.807, 2.05) is 13.8 Å². The van der Waals surface area contributed by atoms with Crippen LogP contribution in [0.2, 0.25) is 0 Å². The highest BCUT2D eigenvalue weighted by atomic mass is 16.4.